The van der Waals surface area contributed by atoms with Crippen LogP contribution in [-0.2, 0) is 14.3 Å². The first-order valence-corrected chi connectivity index (χ1v) is 7.44. The van der Waals surface area contributed by atoms with Gasteiger partial charge >= 0.3 is 12.0 Å². The molecule has 0 radical (unpaired) electrons. The van der Waals surface area contributed by atoms with Crippen molar-refractivity contribution >= 4 is 17.9 Å². The predicted molar refractivity (Wildman–Crippen MR) is 82.1 cm³/mol. The van der Waals surface area contributed by atoms with Crippen LogP contribution >= 0.6 is 0 Å². The van der Waals surface area contributed by atoms with Gasteiger partial charge < -0.3 is 14.8 Å². The second kappa shape index (κ2) is 7.62. The van der Waals surface area contributed by atoms with Crippen LogP contribution in [0.15, 0.2) is 24.3 Å². The van der Waals surface area contributed by atoms with E-state index in [4.69, 9.17) is 9.47 Å². The van der Waals surface area contributed by atoms with Gasteiger partial charge in [-0.3, -0.25) is 9.69 Å². The predicted octanol–water partition coefficient (Wildman–Crippen LogP) is 1.28. The minimum Gasteiger partial charge on any atom is -0.482 e. The van der Waals surface area contributed by atoms with Gasteiger partial charge in [0.05, 0.1) is 0 Å². The molecule has 7 nitrogen and oxygen atoms in total. The van der Waals surface area contributed by atoms with Crippen LogP contribution in [0.1, 0.15) is 25.3 Å². The number of nitrogens with one attached hydrogen (secondary N) is 1. The van der Waals surface area contributed by atoms with Crippen LogP contribution in [-0.4, -0.2) is 49.1 Å². The van der Waals surface area contributed by atoms with E-state index in [1.54, 1.807) is 12.1 Å². The number of nitrogens with zero attached hydrogens (tertiary/aromatic N) is 1. The summed E-state index contributed by atoms with van der Waals surface area (Å²) in [6, 6.07) is 6.96. The Morgan fingerprint density at radius 2 is 1.91 bits per heavy atom. The molecule has 0 bridgehead atoms. The largest absolute Gasteiger partial charge is 0.482 e. The number of amides is 3. The average molecular weight is 320 g/mol. The van der Waals surface area contributed by atoms with Gasteiger partial charge in [0.15, 0.2) is 13.2 Å². The molecule has 0 spiro atoms. The Labute approximate surface area is 134 Å². The standard InChI is InChI=1S/C16H20N2O5/c1-11(2)12-3-5-13(6-4-12)22-10-15(20)23-9-14(19)18-8-7-17-16(18)21/h3-6,11H,7-10H2,1-2H3,(H,17,21). The molecular formula is C16H20N2O5. The molecule has 1 aromatic carbocycles. The Balaban J connectivity index is 1.72. The summed E-state index contributed by atoms with van der Waals surface area (Å²) in [7, 11) is 0. The summed E-state index contributed by atoms with van der Waals surface area (Å²) in [5.41, 5.74) is 1.18. The molecule has 0 aromatic heterocycles. The van der Waals surface area contributed by atoms with E-state index in [1.807, 2.05) is 12.1 Å². The van der Waals surface area contributed by atoms with E-state index < -0.39 is 24.5 Å². The zero-order valence-electron chi connectivity index (χ0n) is 13.2. The molecule has 1 saturated heterocycles. The molecule has 0 aliphatic carbocycles. The van der Waals surface area contributed by atoms with E-state index in [2.05, 4.69) is 19.2 Å². The number of rotatable bonds is 6. The number of carbonyl (C=O) groups is 3. The summed E-state index contributed by atoms with van der Waals surface area (Å²) in [4.78, 5) is 35.5. The number of imide groups is 1. The fourth-order valence-corrected chi connectivity index (χ4v) is 2.06. The molecule has 1 N–H and O–H groups in total. The third-order valence-electron chi connectivity index (χ3n) is 3.42. The molecule has 1 aliphatic heterocycles. The number of hydrogen-bond acceptors (Lipinski definition) is 5. The van der Waals surface area contributed by atoms with Crippen LogP contribution in [0.25, 0.3) is 0 Å². The summed E-state index contributed by atoms with van der Waals surface area (Å²) in [6.45, 7) is 4.11. The molecule has 1 heterocycles. The zero-order chi connectivity index (χ0) is 16.8. The Bertz CT molecular complexity index is 583. The van der Waals surface area contributed by atoms with Gasteiger partial charge in [-0.05, 0) is 23.6 Å². The first-order chi connectivity index (χ1) is 11.0. The van der Waals surface area contributed by atoms with Crippen LogP contribution in [0, 0.1) is 0 Å². The van der Waals surface area contributed by atoms with Gasteiger partial charge in [0.1, 0.15) is 5.75 Å². The highest BCUT2D eigenvalue weighted by atomic mass is 16.6. The van der Waals surface area contributed by atoms with Crippen molar-refractivity contribution < 1.29 is 23.9 Å². The minimum atomic E-state index is -0.661. The van der Waals surface area contributed by atoms with Crippen molar-refractivity contribution in [2.75, 3.05) is 26.3 Å². The third-order valence-corrected chi connectivity index (χ3v) is 3.42. The lowest BCUT2D eigenvalue weighted by Crippen LogP contribution is -2.37. The number of benzene rings is 1. The van der Waals surface area contributed by atoms with Gasteiger partial charge in [-0.15, -0.1) is 0 Å². The maximum Gasteiger partial charge on any atom is 0.344 e. The molecule has 0 unspecified atom stereocenters. The average Bonchev–Trinajstić information content (AvgIpc) is 2.97. The fourth-order valence-electron chi connectivity index (χ4n) is 2.06. The molecule has 124 valence electrons. The monoisotopic (exact) mass is 320 g/mol. The fraction of sp³-hybridized carbons (Fsp3) is 0.438. The van der Waals surface area contributed by atoms with Crippen LogP contribution in [0.3, 0.4) is 0 Å². The quantitative estimate of drug-likeness (QED) is 0.798. The molecule has 1 aromatic rings. The molecular weight excluding hydrogens is 300 g/mol. The number of esters is 1. The van der Waals surface area contributed by atoms with Crippen molar-refractivity contribution in [1.29, 1.82) is 0 Å². The van der Waals surface area contributed by atoms with E-state index in [9.17, 15) is 14.4 Å². The van der Waals surface area contributed by atoms with Crippen molar-refractivity contribution in [2.24, 2.45) is 0 Å². The summed E-state index contributed by atoms with van der Waals surface area (Å²) in [6.07, 6.45) is 0. The number of ether oxygens (including phenoxy) is 2. The molecule has 0 saturated carbocycles. The van der Waals surface area contributed by atoms with E-state index in [-0.39, 0.29) is 13.2 Å². The first-order valence-electron chi connectivity index (χ1n) is 7.44. The second-order valence-corrected chi connectivity index (χ2v) is 5.45. The van der Waals surface area contributed by atoms with Gasteiger partial charge in [-0.25, -0.2) is 9.59 Å². The normalized spacial score (nSPS) is 13.9. The van der Waals surface area contributed by atoms with Crippen LogP contribution in [0.2, 0.25) is 0 Å². The van der Waals surface area contributed by atoms with Crippen molar-refractivity contribution in [2.45, 2.75) is 19.8 Å². The van der Waals surface area contributed by atoms with Crippen molar-refractivity contribution in [3.63, 3.8) is 0 Å². The second-order valence-electron chi connectivity index (χ2n) is 5.45. The van der Waals surface area contributed by atoms with Crippen molar-refractivity contribution in [3.8, 4) is 5.75 Å². The highest BCUT2D eigenvalue weighted by Crippen LogP contribution is 2.18. The summed E-state index contributed by atoms with van der Waals surface area (Å²) < 4.78 is 10.1. The van der Waals surface area contributed by atoms with Crippen molar-refractivity contribution in [1.82, 2.24) is 10.2 Å². The highest BCUT2D eigenvalue weighted by Gasteiger charge is 2.26. The van der Waals surface area contributed by atoms with Gasteiger partial charge in [-0.1, -0.05) is 26.0 Å². The number of urea groups is 1. The van der Waals surface area contributed by atoms with Gasteiger partial charge in [-0.2, -0.15) is 0 Å². The third kappa shape index (κ3) is 4.70. The summed E-state index contributed by atoms with van der Waals surface area (Å²) in [5, 5.41) is 2.50. The van der Waals surface area contributed by atoms with E-state index in [0.717, 1.165) is 4.90 Å². The summed E-state index contributed by atoms with van der Waals surface area (Å²) >= 11 is 0. The Morgan fingerprint density at radius 3 is 2.48 bits per heavy atom. The van der Waals surface area contributed by atoms with E-state index in [0.29, 0.717) is 18.2 Å². The maximum atomic E-state index is 11.7. The first kappa shape index (κ1) is 16.8. The van der Waals surface area contributed by atoms with Gasteiger partial charge in [0.2, 0.25) is 0 Å². The Morgan fingerprint density at radius 1 is 1.22 bits per heavy atom. The van der Waals surface area contributed by atoms with Gasteiger partial charge in [0, 0.05) is 13.1 Å². The van der Waals surface area contributed by atoms with Gasteiger partial charge in [0.25, 0.3) is 5.91 Å². The topological polar surface area (TPSA) is 84.9 Å². The van der Waals surface area contributed by atoms with E-state index in [1.165, 1.54) is 5.56 Å². The van der Waals surface area contributed by atoms with Crippen LogP contribution in [0.5, 0.6) is 5.75 Å². The molecule has 23 heavy (non-hydrogen) atoms. The number of hydrogen-bond donors (Lipinski definition) is 1. The van der Waals surface area contributed by atoms with Crippen LogP contribution in [0.4, 0.5) is 4.79 Å². The molecule has 1 fully saturated rings. The lowest BCUT2D eigenvalue weighted by Gasteiger charge is -2.12. The molecule has 0 atom stereocenters. The smallest absolute Gasteiger partial charge is 0.344 e. The zero-order valence-corrected chi connectivity index (χ0v) is 13.2. The minimum absolute atomic E-state index is 0.286. The molecule has 7 heteroatoms. The highest BCUT2D eigenvalue weighted by molar-refractivity contribution is 5.96. The molecule has 2 rings (SSSR count). The maximum absolute atomic E-state index is 11.7. The molecule has 1 aliphatic rings. The molecule has 3 amide bonds. The SMILES string of the molecule is CC(C)c1ccc(OCC(=O)OCC(=O)N2CCNC2=O)cc1. The van der Waals surface area contributed by atoms with E-state index >= 15 is 0 Å². The Kier molecular flexibility index (Phi) is 5.56. The van der Waals surface area contributed by atoms with Crippen molar-refractivity contribution in [3.05, 3.63) is 29.8 Å². The Hall–Kier alpha value is -2.57. The van der Waals surface area contributed by atoms with Crippen LogP contribution < -0.4 is 10.1 Å². The summed E-state index contributed by atoms with van der Waals surface area (Å²) in [5.74, 6) is -0.236. The lowest BCUT2D eigenvalue weighted by atomic mass is 10.0. The lowest BCUT2D eigenvalue weighted by molar-refractivity contribution is -0.152. The number of carbonyl (C=O) groups excluding carboxylic acids is 3.